The van der Waals surface area contributed by atoms with Crippen LogP contribution in [0.2, 0.25) is 0 Å². The molecule has 0 saturated carbocycles. The van der Waals surface area contributed by atoms with Gasteiger partial charge in [-0.15, -0.1) is 0 Å². The Morgan fingerprint density at radius 3 is 2.06 bits per heavy atom. The molecule has 0 unspecified atom stereocenters. The van der Waals surface area contributed by atoms with E-state index in [9.17, 15) is 28.8 Å². The molecule has 0 spiro atoms. The third-order valence-corrected chi connectivity index (χ3v) is 7.66. The van der Waals surface area contributed by atoms with E-state index in [2.05, 4.69) is 37.2 Å². The van der Waals surface area contributed by atoms with Crippen molar-refractivity contribution >= 4 is 58.1 Å². The minimum absolute atomic E-state index is 0.0102. The molecule has 1 heterocycles. The predicted molar refractivity (Wildman–Crippen MR) is 196 cm³/mol. The number of benzene rings is 1. The summed E-state index contributed by atoms with van der Waals surface area (Å²) < 4.78 is 5.19. The summed E-state index contributed by atoms with van der Waals surface area (Å²) in [7, 11) is 0. The number of aryl methyl sites for hydroxylation is 1. The van der Waals surface area contributed by atoms with Crippen LogP contribution in [0.15, 0.2) is 33.5 Å². The SMILES string of the molecule is Cc1cc(=O)oc2cc(NC(=O)CNC(=O)CNC(=O)[C@H](CCCNC(=N)N)NC(=O)[C@@H](CC(C)C)NC(=O)[C@@H](N)CCCCNC(=N)N)ccc12. The second kappa shape index (κ2) is 21.5. The van der Waals surface area contributed by atoms with Gasteiger partial charge in [-0.25, -0.2) is 4.79 Å². The van der Waals surface area contributed by atoms with Crippen molar-refractivity contribution in [3.63, 3.8) is 0 Å². The van der Waals surface area contributed by atoms with Crippen LogP contribution in [0.4, 0.5) is 5.69 Å². The summed E-state index contributed by atoms with van der Waals surface area (Å²) in [5, 5.41) is 33.3. The summed E-state index contributed by atoms with van der Waals surface area (Å²) in [4.78, 5) is 76.2. The van der Waals surface area contributed by atoms with Crippen molar-refractivity contribution in [2.24, 2.45) is 23.1 Å². The summed E-state index contributed by atoms with van der Waals surface area (Å²) >= 11 is 0. The molecule has 19 nitrogen and oxygen atoms in total. The molecule has 0 aliphatic rings. The third-order valence-electron chi connectivity index (χ3n) is 7.66. The van der Waals surface area contributed by atoms with Crippen LogP contribution < -0.4 is 60.0 Å². The Morgan fingerprint density at radius 1 is 0.769 bits per heavy atom. The van der Waals surface area contributed by atoms with Crippen LogP contribution in [-0.4, -0.2) is 85.8 Å². The van der Waals surface area contributed by atoms with Crippen molar-refractivity contribution in [1.29, 1.82) is 10.8 Å². The van der Waals surface area contributed by atoms with E-state index in [-0.39, 0.29) is 37.2 Å². The van der Waals surface area contributed by atoms with Gasteiger partial charge in [0, 0.05) is 36.3 Å². The largest absolute Gasteiger partial charge is 0.423 e. The maximum atomic E-state index is 13.4. The third kappa shape index (κ3) is 15.9. The zero-order chi connectivity index (χ0) is 38.8. The molecule has 0 radical (unpaired) electrons. The lowest BCUT2D eigenvalue weighted by Gasteiger charge is -2.25. The number of unbranched alkanes of at least 4 members (excludes halogenated alkanes) is 1. The first-order chi connectivity index (χ1) is 24.5. The molecular formula is C33H52N12O7. The maximum absolute atomic E-state index is 13.4. The first-order valence-electron chi connectivity index (χ1n) is 17.0. The second-order valence-corrected chi connectivity index (χ2v) is 12.7. The molecule has 0 aliphatic carbocycles. The minimum Gasteiger partial charge on any atom is -0.423 e. The molecule has 19 heteroatoms. The van der Waals surface area contributed by atoms with Crippen molar-refractivity contribution in [1.82, 2.24) is 31.9 Å². The molecule has 0 aliphatic heterocycles. The molecule has 1 aromatic heterocycles. The number of carbonyl (C=O) groups is 5. The lowest BCUT2D eigenvalue weighted by Crippen LogP contribution is -2.56. The fraction of sp³-hybridized carbons (Fsp3) is 0.515. The molecule has 1 aromatic carbocycles. The van der Waals surface area contributed by atoms with Crippen LogP contribution in [0.1, 0.15) is 57.9 Å². The van der Waals surface area contributed by atoms with E-state index in [4.69, 9.17) is 32.4 Å². The van der Waals surface area contributed by atoms with E-state index in [1.807, 2.05) is 13.8 Å². The molecule has 2 rings (SSSR count). The van der Waals surface area contributed by atoms with Gasteiger partial charge in [0.25, 0.3) is 0 Å². The average molecular weight is 729 g/mol. The van der Waals surface area contributed by atoms with Crippen molar-refractivity contribution in [3.8, 4) is 0 Å². The summed E-state index contributed by atoms with van der Waals surface area (Å²) in [6.07, 6.45) is 2.21. The Morgan fingerprint density at radius 2 is 1.40 bits per heavy atom. The number of anilines is 1. The van der Waals surface area contributed by atoms with Gasteiger partial charge in [-0.05, 0) is 69.1 Å². The van der Waals surface area contributed by atoms with Gasteiger partial charge in [0.2, 0.25) is 29.5 Å². The zero-order valence-corrected chi connectivity index (χ0v) is 29.8. The van der Waals surface area contributed by atoms with Gasteiger partial charge in [0.05, 0.1) is 19.1 Å². The van der Waals surface area contributed by atoms with Crippen LogP contribution in [0, 0.1) is 23.7 Å². The molecule has 0 bridgehead atoms. The number of amides is 5. The first kappa shape index (κ1) is 42.4. The van der Waals surface area contributed by atoms with Crippen molar-refractivity contribution in [3.05, 3.63) is 40.2 Å². The van der Waals surface area contributed by atoms with Crippen LogP contribution in [-0.2, 0) is 24.0 Å². The van der Waals surface area contributed by atoms with E-state index >= 15 is 0 Å². The van der Waals surface area contributed by atoms with Gasteiger partial charge >= 0.3 is 5.63 Å². The van der Waals surface area contributed by atoms with Gasteiger partial charge in [-0.3, -0.25) is 34.8 Å². The Balaban J connectivity index is 1.97. The number of guanidine groups is 2. The Hall–Kier alpha value is -5.72. The minimum atomic E-state index is -1.12. The Bertz CT molecular complexity index is 1640. The van der Waals surface area contributed by atoms with Crippen LogP contribution in [0.25, 0.3) is 11.0 Å². The monoisotopic (exact) mass is 728 g/mol. The van der Waals surface area contributed by atoms with Gasteiger partial charge in [0.1, 0.15) is 17.7 Å². The zero-order valence-electron chi connectivity index (χ0n) is 29.8. The molecule has 286 valence electrons. The number of hydrogen-bond acceptors (Lipinski definition) is 10. The Kier molecular flexibility index (Phi) is 17.5. The lowest BCUT2D eigenvalue weighted by molar-refractivity contribution is -0.133. The summed E-state index contributed by atoms with van der Waals surface area (Å²) in [6.45, 7) is 5.26. The molecule has 2 aromatic rings. The molecular weight excluding hydrogens is 676 g/mol. The van der Waals surface area contributed by atoms with Gasteiger partial charge < -0.3 is 58.8 Å². The van der Waals surface area contributed by atoms with Gasteiger partial charge in [-0.2, -0.15) is 0 Å². The number of fused-ring (bicyclic) bond motifs is 1. The first-order valence-corrected chi connectivity index (χ1v) is 17.0. The molecule has 15 N–H and O–H groups in total. The summed E-state index contributed by atoms with van der Waals surface area (Å²) in [5.41, 5.74) is 17.5. The van der Waals surface area contributed by atoms with Crippen molar-refractivity contribution < 1.29 is 28.4 Å². The smallest absolute Gasteiger partial charge is 0.336 e. The lowest BCUT2D eigenvalue weighted by atomic mass is 10.0. The highest BCUT2D eigenvalue weighted by Crippen LogP contribution is 2.20. The second-order valence-electron chi connectivity index (χ2n) is 12.7. The molecule has 0 saturated heterocycles. The number of rotatable bonds is 21. The van der Waals surface area contributed by atoms with E-state index in [1.54, 1.807) is 19.1 Å². The number of nitrogens with one attached hydrogen (secondary N) is 9. The highest BCUT2D eigenvalue weighted by molar-refractivity contribution is 5.97. The van der Waals surface area contributed by atoms with E-state index < -0.39 is 66.4 Å². The van der Waals surface area contributed by atoms with Gasteiger partial charge in [-0.1, -0.05) is 13.8 Å². The standard InChI is InChI=1S/C33H52N12O7/c1-18(2)13-24(45-29(49)22(34)7-4-5-11-39-32(35)36)31(51)44-23(8-6-12-40-33(37)38)30(50)42-16-26(46)41-17-27(47)43-20-9-10-21-19(3)14-28(48)52-25(21)15-20/h9-10,14-15,18,22-24H,4-8,11-13,16-17,34H2,1-3H3,(H,41,46)(H,42,50)(H,43,47)(H,44,51)(H,45,49)(H4,35,36,39)(H4,37,38,40)/t22-,23-,24+/m0/s1. The van der Waals surface area contributed by atoms with Crippen LogP contribution in [0.3, 0.4) is 0 Å². The van der Waals surface area contributed by atoms with Crippen LogP contribution >= 0.6 is 0 Å². The fourth-order valence-electron chi connectivity index (χ4n) is 5.04. The highest BCUT2D eigenvalue weighted by atomic mass is 16.4. The topological polar surface area (TPSA) is 326 Å². The molecule has 52 heavy (non-hydrogen) atoms. The molecule has 3 atom stereocenters. The van der Waals surface area contributed by atoms with E-state index in [1.165, 1.54) is 12.1 Å². The molecule has 0 fully saturated rings. The molecule has 5 amide bonds. The van der Waals surface area contributed by atoms with Gasteiger partial charge in [0.15, 0.2) is 11.9 Å². The predicted octanol–water partition coefficient (Wildman–Crippen LogP) is -1.47. The highest BCUT2D eigenvalue weighted by Gasteiger charge is 2.29. The summed E-state index contributed by atoms with van der Waals surface area (Å²) in [6, 6.07) is 3.15. The summed E-state index contributed by atoms with van der Waals surface area (Å²) in [5.74, 6) is -3.51. The average Bonchev–Trinajstić information content (AvgIpc) is 3.06. The number of nitrogens with two attached hydrogens (primary N) is 3. The van der Waals surface area contributed by atoms with Crippen molar-refractivity contribution in [2.45, 2.75) is 77.4 Å². The van der Waals surface area contributed by atoms with Crippen molar-refractivity contribution in [2.75, 3.05) is 31.5 Å². The Labute approximate surface area is 301 Å². The van der Waals surface area contributed by atoms with E-state index in [0.29, 0.717) is 48.9 Å². The number of carbonyl (C=O) groups excluding carboxylic acids is 5. The normalized spacial score (nSPS) is 12.6. The maximum Gasteiger partial charge on any atom is 0.336 e. The van der Waals surface area contributed by atoms with E-state index in [0.717, 1.165) is 5.56 Å². The fourth-order valence-corrected chi connectivity index (χ4v) is 5.04. The quantitative estimate of drug-likeness (QED) is 0.0304. The number of hydrogen-bond donors (Lipinski definition) is 12. The van der Waals surface area contributed by atoms with Crippen LogP contribution in [0.5, 0.6) is 0 Å².